The molecular weight excluding hydrogens is 214 g/mol. The first-order valence-electron chi connectivity index (χ1n) is 6.07. The van der Waals surface area contributed by atoms with Crippen molar-refractivity contribution in [2.75, 3.05) is 11.9 Å². The summed E-state index contributed by atoms with van der Waals surface area (Å²) in [6.45, 7) is 7.11. The largest absolute Gasteiger partial charge is 0.481 e. The molecule has 17 heavy (non-hydrogen) atoms. The molecule has 0 spiro atoms. The van der Waals surface area contributed by atoms with Gasteiger partial charge in [-0.1, -0.05) is 32.0 Å². The van der Waals surface area contributed by atoms with E-state index in [2.05, 4.69) is 44.3 Å². The molecular formula is C14H21NO2. The maximum Gasteiger partial charge on any atom is 0.303 e. The summed E-state index contributed by atoms with van der Waals surface area (Å²) in [5.74, 6) is -0.266. The van der Waals surface area contributed by atoms with Crippen LogP contribution in [0, 0.1) is 6.92 Å². The number of hydrogen-bond acceptors (Lipinski definition) is 2. The molecule has 0 atom stereocenters. The molecule has 0 saturated carbocycles. The van der Waals surface area contributed by atoms with Gasteiger partial charge in [-0.15, -0.1) is 0 Å². The first kappa shape index (κ1) is 13.6. The SMILES string of the molecule is Cc1cccc(C(C)C)c1NCCCC(=O)O. The number of carbonyl (C=O) groups is 1. The highest BCUT2D eigenvalue weighted by atomic mass is 16.4. The van der Waals surface area contributed by atoms with E-state index in [-0.39, 0.29) is 6.42 Å². The molecule has 0 aromatic heterocycles. The lowest BCUT2D eigenvalue weighted by Gasteiger charge is -2.17. The standard InChI is InChI=1S/C14H21NO2/c1-10(2)12-7-4-6-11(3)14(12)15-9-5-8-13(16)17/h4,6-7,10,15H,5,8-9H2,1-3H3,(H,16,17). The predicted molar refractivity (Wildman–Crippen MR) is 70.6 cm³/mol. The number of aryl methyl sites for hydroxylation is 1. The maximum atomic E-state index is 10.4. The average Bonchev–Trinajstić information content (AvgIpc) is 2.25. The number of aliphatic carboxylic acids is 1. The lowest BCUT2D eigenvalue weighted by atomic mass is 9.98. The number of benzene rings is 1. The average molecular weight is 235 g/mol. The van der Waals surface area contributed by atoms with Gasteiger partial charge in [0.1, 0.15) is 0 Å². The summed E-state index contributed by atoms with van der Waals surface area (Å²) in [5, 5.41) is 11.9. The molecule has 0 saturated heterocycles. The second kappa shape index (κ2) is 6.28. The number of carboxylic acids is 1. The van der Waals surface area contributed by atoms with E-state index in [4.69, 9.17) is 5.11 Å². The van der Waals surface area contributed by atoms with Crippen molar-refractivity contribution in [3.05, 3.63) is 29.3 Å². The van der Waals surface area contributed by atoms with Crippen molar-refractivity contribution in [3.63, 3.8) is 0 Å². The fourth-order valence-corrected chi connectivity index (χ4v) is 1.87. The van der Waals surface area contributed by atoms with Gasteiger partial charge in [0.15, 0.2) is 0 Å². The quantitative estimate of drug-likeness (QED) is 0.743. The Morgan fingerprint density at radius 3 is 2.71 bits per heavy atom. The molecule has 3 nitrogen and oxygen atoms in total. The fraction of sp³-hybridized carbons (Fsp3) is 0.500. The van der Waals surface area contributed by atoms with Crippen LogP contribution >= 0.6 is 0 Å². The number of nitrogens with one attached hydrogen (secondary N) is 1. The molecule has 0 heterocycles. The normalized spacial score (nSPS) is 10.6. The van der Waals surface area contributed by atoms with Crippen LogP contribution in [0.3, 0.4) is 0 Å². The Morgan fingerprint density at radius 2 is 2.12 bits per heavy atom. The minimum Gasteiger partial charge on any atom is -0.481 e. The summed E-state index contributed by atoms with van der Waals surface area (Å²) in [6.07, 6.45) is 0.872. The molecule has 0 fully saturated rings. The van der Waals surface area contributed by atoms with Crippen molar-refractivity contribution >= 4 is 11.7 Å². The molecule has 1 aromatic carbocycles. The summed E-state index contributed by atoms with van der Waals surface area (Å²) in [7, 11) is 0. The summed E-state index contributed by atoms with van der Waals surface area (Å²) in [4.78, 5) is 10.4. The smallest absolute Gasteiger partial charge is 0.303 e. The van der Waals surface area contributed by atoms with Gasteiger partial charge in [-0.2, -0.15) is 0 Å². The van der Waals surface area contributed by atoms with Gasteiger partial charge < -0.3 is 10.4 Å². The summed E-state index contributed by atoms with van der Waals surface area (Å²) >= 11 is 0. The molecule has 0 aliphatic heterocycles. The Hall–Kier alpha value is -1.51. The zero-order valence-electron chi connectivity index (χ0n) is 10.8. The van der Waals surface area contributed by atoms with E-state index in [1.807, 2.05) is 0 Å². The molecule has 0 radical (unpaired) electrons. The van der Waals surface area contributed by atoms with Crippen LogP contribution in [0.2, 0.25) is 0 Å². The Labute approximate surface area is 103 Å². The van der Waals surface area contributed by atoms with Gasteiger partial charge in [-0.3, -0.25) is 4.79 Å². The minimum absolute atomic E-state index is 0.218. The topological polar surface area (TPSA) is 49.3 Å². The molecule has 1 rings (SSSR count). The number of para-hydroxylation sites is 1. The second-order valence-electron chi connectivity index (χ2n) is 4.62. The minimum atomic E-state index is -0.735. The molecule has 3 heteroatoms. The molecule has 0 aliphatic rings. The Kier molecular flexibility index (Phi) is 5.01. The third kappa shape index (κ3) is 4.10. The summed E-state index contributed by atoms with van der Waals surface area (Å²) in [5.41, 5.74) is 3.67. The molecule has 0 bridgehead atoms. The second-order valence-corrected chi connectivity index (χ2v) is 4.62. The number of hydrogen-bond donors (Lipinski definition) is 2. The summed E-state index contributed by atoms with van der Waals surface area (Å²) < 4.78 is 0. The highest BCUT2D eigenvalue weighted by molar-refractivity contribution is 5.66. The van der Waals surface area contributed by atoms with Crippen molar-refractivity contribution in [3.8, 4) is 0 Å². The predicted octanol–water partition coefficient (Wildman–Crippen LogP) is 3.40. The van der Waals surface area contributed by atoms with E-state index in [0.717, 1.165) is 5.69 Å². The molecule has 94 valence electrons. The molecule has 2 N–H and O–H groups in total. The van der Waals surface area contributed by atoms with Gasteiger partial charge >= 0.3 is 5.97 Å². The number of anilines is 1. The molecule has 1 aromatic rings. The van der Waals surface area contributed by atoms with Gasteiger partial charge in [-0.05, 0) is 30.4 Å². The Bertz CT molecular complexity index is 386. The van der Waals surface area contributed by atoms with E-state index < -0.39 is 5.97 Å². The van der Waals surface area contributed by atoms with Gasteiger partial charge in [0, 0.05) is 18.7 Å². The molecule has 0 aliphatic carbocycles. The third-order valence-electron chi connectivity index (χ3n) is 2.80. The summed E-state index contributed by atoms with van der Waals surface area (Å²) in [6, 6.07) is 6.26. The molecule has 0 amide bonds. The van der Waals surface area contributed by atoms with Crippen LogP contribution < -0.4 is 5.32 Å². The van der Waals surface area contributed by atoms with Crippen LogP contribution in [0.15, 0.2) is 18.2 Å². The van der Waals surface area contributed by atoms with Crippen LogP contribution in [-0.2, 0) is 4.79 Å². The zero-order valence-corrected chi connectivity index (χ0v) is 10.8. The Morgan fingerprint density at radius 1 is 1.41 bits per heavy atom. The first-order chi connectivity index (χ1) is 8.02. The van der Waals surface area contributed by atoms with Crippen LogP contribution in [0.4, 0.5) is 5.69 Å². The van der Waals surface area contributed by atoms with Crippen molar-refractivity contribution in [1.82, 2.24) is 0 Å². The van der Waals surface area contributed by atoms with Crippen LogP contribution in [0.5, 0.6) is 0 Å². The zero-order chi connectivity index (χ0) is 12.8. The maximum absolute atomic E-state index is 10.4. The highest BCUT2D eigenvalue weighted by Crippen LogP contribution is 2.27. The lowest BCUT2D eigenvalue weighted by molar-refractivity contribution is -0.137. The first-order valence-corrected chi connectivity index (χ1v) is 6.07. The number of rotatable bonds is 6. The third-order valence-corrected chi connectivity index (χ3v) is 2.80. The van der Waals surface area contributed by atoms with Crippen LogP contribution in [0.25, 0.3) is 0 Å². The van der Waals surface area contributed by atoms with Crippen LogP contribution in [-0.4, -0.2) is 17.6 Å². The van der Waals surface area contributed by atoms with Gasteiger partial charge in [0.05, 0.1) is 0 Å². The van der Waals surface area contributed by atoms with E-state index in [0.29, 0.717) is 18.9 Å². The van der Waals surface area contributed by atoms with E-state index >= 15 is 0 Å². The monoisotopic (exact) mass is 235 g/mol. The van der Waals surface area contributed by atoms with Gasteiger partial charge in [0.25, 0.3) is 0 Å². The van der Waals surface area contributed by atoms with Gasteiger partial charge in [0.2, 0.25) is 0 Å². The van der Waals surface area contributed by atoms with Gasteiger partial charge in [-0.25, -0.2) is 0 Å². The number of carboxylic acid groups (broad SMARTS) is 1. The van der Waals surface area contributed by atoms with Crippen molar-refractivity contribution < 1.29 is 9.90 Å². The van der Waals surface area contributed by atoms with E-state index in [1.54, 1.807) is 0 Å². The van der Waals surface area contributed by atoms with Crippen LogP contribution in [0.1, 0.15) is 43.7 Å². The van der Waals surface area contributed by atoms with E-state index in [9.17, 15) is 4.79 Å². The Balaban J connectivity index is 2.66. The van der Waals surface area contributed by atoms with Crippen molar-refractivity contribution in [2.24, 2.45) is 0 Å². The molecule has 0 unspecified atom stereocenters. The lowest BCUT2D eigenvalue weighted by Crippen LogP contribution is -2.08. The highest BCUT2D eigenvalue weighted by Gasteiger charge is 2.08. The van der Waals surface area contributed by atoms with Crippen molar-refractivity contribution in [2.45, 2.75) is 39.5 Å². The van der Waals surface area contributed by atoms with Crippen molar-refractivity contribution in [1.29, 1.82) is 0 Å². The fourth-order valence-electron chi connectivity index (χ4n) is 1.87. The van der Waals surface area contributed by atoms with E-state index in [1.165, 1.54) is 11.1 Å².